The molecule has 2 N–H and O–H groups in total. The van der Waals surface area contributed by atoms with E-state index in [1.165, 1.54) is 12.8 Å². The molecule has 25 heavy (non-hydrogen) atoms. The van der Waals surface area contributed by atoms with Gasteiger partial charge in [0.2, 0.25) is 0 Å². The third-order valence-corrected chi connectivity index (χ3v) is 5.88. The van der Waals surface area contributed by atoms with Crippen molar-refractivity contribution in [2.75, 3.05) is 31.1 Å². The van der Waals surface area contributed by atoms with Crippen LogP contribution in [0.5, 0.6) is 0 Å². The maximum Gasteiger partial charge on any atom is 0.252 e. The van der Waals surface area contributed by atoms with Crippen LogP contribution < -0.4 is 10.2 Å². The number of carbonyl (C=O) groups is 1. The quantitative estimate of drug-likeness (QED) is 0.758. The van der Waals surface area contributed by atoms with Gasteiger partial charge in [-0.15, -0.1) is 0 Å². The molecule has 1 aromatic rings. The highest BCUT2D eigenvalue weighted by Gasteiger charge is 2.26. The highest BCUT2D eigenvalue weighted by Crippen LogP contribution is 2.29. The van der Waals surface area contributed by atoms with Crippen molar-refractivity contribution >= 4 is 11.7 Å². The van der Waals surface area contributed by atoms with Crippen LogP contribution in [0.2, 0.25) is 0 Å². The smallest absolute Gasteiger partial charge is 0.252 e. The van der Waals surface area contributed by atoms with Crippen LogP contribution in [0.4, 0.5) is 5.82 Å². The second-order valence-corrected chi connectivity index (χ2v) is 7.44. The van der Waals surface area contributed by atoms with Gasteiger partial charge in [0.1, 0.15) is 5.82 Å². The molecule has 0 bridgehead atoms. The van der Waals surface area contributed by atoms with Crippen molar-refractivity contribution in [1.82, 2.24) is 10.3 Å². The number of anilines is 1. The molecule has 0 aliphatic carbocycles. The highest BCUT2D eigenvalue weighted by molar-refractivity contribution is 5.94. The van der Waals surface area contributed by atoms with Crippen LogP contribution in [0.3, 0.4) is 0 Å². The third-order valence-electron chi connectivity index (χ3n) is 5.88. The van der Waals surface area contributed by atoms with Crippen LogP contribution in [0.25, 0.3) is 0 Å². The number of nitrogens with one attached hydrogen (secondary N) is 1. The molecule has 1 aliphatic rings. The molecule has 1 fully saturated rings. The monoisotopic (exact) mass is 347 g/mol. The van der Waals surface area contributed by atoms with E-state index in [1.54, 1.807) is 6.20 Å². The van der Waals surface area contributed by atoms with Crippen LogP contribution in [-0.2, 0) is 0 Å². The summed E-state index contributed by atoms with van der Waals surface area (Å²) >= 11 is 0. The van der Waals surface area contributed by atoms with Gasteiger partial charge in [-0.1, -0.05) is 20.8 Å². The molecular weight excluding hydrogens is 314 g/mol. The molecule has 0 atom stereocenters. The van der Waals surface area contributed by atoms with Crippen molar-refractivity contribution in [3.63, 3.8) is 0 Å². The van der Waals surface area contributed by atoms with Gasteiger partial charge in [0.15, 0.2) is 0 Å². The molecule has 1 saturated heterocycles. The number of aliphatic hydroxyl groups excluding tert-OH is 1. The maximum absolute atomic E-state index is 12.4. The molecule has 0 radical (unpaired) electrons. The van der Waals surface area contributed by atoms with Crippen LogP contribution in [0.15, 0.2) is 18.3 Å². The lowest BCUT2D eigenvalue weighted by molar-refractivity contribution is 0.0907. The van der Waals surface area contributed by atoms with E-state index in [0.717, 1.165) is 37.7 Å². The first-order chi connectivity index (χ1) is 12.0. The molecule has 0 unspecified atom stereocenters. The Morgan fingerprint density at radius 3 is 2.52 bits per heavy atom. The molecule has 1 amide bonds. The summed E-state index contributed by atoms with van der Waals surface area (Å²) in [6, 6.07) is 3.81. The molecule has 0 spiro atoms. The van der Waals surface area contributed by atoms with Gasteiger partial charge in [0.05, 0.1) is 5.56 Å². The third kappa shape index (κ3) is 5.18. The van der Waals surface area contributed by atoms with Gasteiger partial charge in [0.25, 0.3) is 5.91 Å². The van der Waals surface area contributed by atoms with E-state index in [0.29, 0.717) is 18.5 Å². The second kappa shape index (κ2) is 9.18. The minimum atomic E-state index is -0.0875. The molecule has 140 valence electrons. The minimum absolute atomic E-state index is 0.0255. The van der Waals surface area contributed by atoms with E-state index >= 15 is 0 Å². The van der Waals surface area contributed by atoms with Gasteiger partial charge in [-0.2, -0.15) is 0 Å². The fourth-order valence-electron chi connectivity index (χ4n) is 3.49. The summed E-state index contributed by atoms with van der Waals surface area (Å²) in [7, 11) is 0. The predicted octanol–water partition coefficient (Wildman–Crippen LogP) is 3.24. The van der Waals surface area contributed by atoms with E-state index in [-0.39, 0.29) is 17.9 Å². The fourth-order valence-corrected chi connectivity index (χ4v) is 3.49. The summed E-state index contributed by atoms with van der Waals surface area (Å²) in [4.78, 5) is 19.2. The van der Waals surface area contributed by atoms with E-state index in [1.807, 2.05) is 12.1 Å². The summed E-state index contributed by atoms with van der Waals surface area (Å²) in [6.07, 6.45) is 6.67. The van der Waals surface area contributed by atoms with Crippen molar-refractivity contribution in [3.05, 3.63) is 23.9 Å². The Kier molecular flexibility index (Phi) is 7.24. The average Bonchev–Trinajstić information content (AvgIpc) is 2.66. The Morgan fingerprint density at radius 1 is 1.32 bits per heavy atom. The molecule has 5 nitrogen and oxygen atoms in total. The predicted molar refractivity (Wildman–Crippen MR) is 102 cm³/mol. The van der Waals surface area contributed by atoms with Gasteiger partial charge in [-0.25, -0.2) is 4.98 Å². The number of nitrogens with zero attached hydrogens (tertiary/aromatic N) is 2. The summed E-state index contributed by atoms with van der Waals surface area (Å²) in [6.45, 7) is 9.34. The first kappa shape index (κ1) is 19.7. The number of amides is 1. The second-order valence-electron chi connectivity index (χ2n) is 7.44. The summed E-state index contributed by atoms with van der Waals surface area (Å²) in [5.41, 5.74) is 0.571. The number of hydrogen-bond donors (Lipinski definition) is 2. The topological polar surface area (TPSA) is 65.5 Å². The Labute approximate surface area is 151 Å². The van der Waals surface area contributed by atoms with Gasteiger partial charge in [-0.3, -0.25) is 4.79 Å². The fraction of sp³-hybridized carbons (Fsp3) is 0.700. The number of piperidine rings is 1. The zero-order valence-electron chi connectivity index (χ0n) is 15.9. The van der Waals surface area contributed by atoms with E-state index in [2.05, 4.69) is 36.0 Å². The average molecular weight is 348 g/mol. The van der Waals surface area contributed by atoms with Crippen molar-refractivity contribution in [3.8, 4) is 0 Å². The molecular formula is C20H33N3O2. The zero-order valence-corrected chi connectivity index (χ0v) is 15.9. The lowest BCUT2D eigenvalue weighted by atomic mass is 9.79. The normalized spacial score (nSPS) is 16.1. The Morgan fingerprint density at radius 2 is 2.00 bits per heavy atom. The number of hydrogen-bond acceptors (Lipinski definition) is 4. The first-order valence-corrected chi connectivity index (χ1v) is 9.63. The standard InChI is InChI=1S/C20H33N3O2/c1-4-20(5-2,10-13-24)15-22-19(25)17-6-7-18(21-14-17)23-11-8-16(3)9-12-23/h6-7,14,16,24H,4-5,8-13,15H2,1-3H3,(H,22,25). The number of carbonyl (C=O) groups excluding carboxylic acids is 1. The first-order valence-electron chi connectivity index (χ1n) is 9.63. The van der Waals surface area contributed by atoms with Gasteiger partial charge in [0, 0.05) is 32.4 Å². The maximum atomic E-state index is 12.4. The largest absolute Gasteiger partial charge is 0.396 e. The molecule has 1 aliphatic heterocycles. The summed E-state index contributed by atoms with van der Waals surface area (Å²) in [5.74, 6) is 1.66. The summed E-state index contributed by atoms with van der Waals surface area (Å²) < 4.78 is 0. The van der Waals surface area contributed by atoms with Gasteiger partial charge >= 0.3 is 0 Å². The van der Waals surface area contributed by atoms with Crippen molar-refractivity contribution in [1.29, 1.82) is 0 Å². The number of rotatable bonds is 8. The van der Waals surface area contributed by atoms with Crippen LogP contribution in [-0.4, -0.2) is 42.2 Å². The van der Waals surface area contributed by atoms with Crippen LogP contribution >= 0.6 is 0 Å². The molecule has 2 rings (SSSR count). The van der Waals surface area contributed by atoms with Crippen LogP contribution in [0, 0.1) is 11.3 Å². The van der Waals surface area contributed by atoms with E-state index in [4.69, 9.17) is 0 Å². The lowest BCUT2D eigenvalue weighted by Crippen LogP contribution is -2.37. The SMILES string of the molecule is CCC(CC)(CCO)CNC(=O)c1ccc(N2CCC(C)CC2)nc1. The number of aromatic nitrogens is 1. The Balaban J connectivity index is 1.93. The van der Waals surface area contributed by atoms with E-state index < -0.39 is 0 Å². The Bertz CT molecular complexity index is 532. The lowest BCUT2D eigenvalue weighted by Gasteiger charge is -2.31. The molecule has 2 heterocycles. The highest BCUT2D eigenvalue weighted by atomic mass is 16.3. The van der Waals surface area contributed by atoms with E-state index in [9.17, 15) is 9.90 Å². The number of pyridine rings is 1. The van der Waals surface area contributed by atoms with Crippen molar-refractivity contribution in [2.24, 2.45) is 11.3 Å². The van der Waals surface area contributed by atoms with Gasteiger partial charge in [-0.05, 0) is 55.6 Å². The van der Waals surface area contributed by atoms with Crippen molar-refractivity contribution < 1.29 is 9.90 Å². The molecule has 1 aromatic heterocycles. The Hall–Kier alpha value is -1.62. The molecule has 0 aromatic carbocycles. The molecule has 0 saturated carbocycles. The number of aliphatic hydroxyl groups is 1. The van der Waals surface area contributed by atoms with Crippen molar-refractivity contribution in [2.45, 2.75) is 52.9 Å². The minimum Gasteiger partial charge on any atom is -0.396 e. The molecule has 5 heteroatoms. The zero-order chi connectivity index (χ0) is 18.3. The summed E-state index contributed by atoms with van der Waals surface area (Å²) in [5, 5.41) is 12.3. The van der Waals surface area contributed by atoms with Crippen LogP contribution in [0.1, 0.15) is 63.2 Å². The van der Waals surface area contributed by atoms with Gasteiger partial charge < -0.3 is 15.3 Å².